The Bertz CT molecular complexity index is 1540. The van der Waals surface area contributed by atoms with Gasteiger partial charge in [-0.15, -0.1) is 0 Å². The first-order valence-corrected chi connectivity index (χ1v) is 20.1. The summed E-state index contributed by atoms with van der Waals surface area (Å²) in [4.78, 5) is 112. The van der Waals surface area contributed by atoms with Crippen molar-refractivity contribution in [1.82, 2.24) is 10.6 Å². The molecular weight excluding hydrogens is 832 g/mol. The number of carbonyl (C=O) groups is 9. The summed E-state index contributed by atoms with van der Waals surface area (Å²) >= 11 is 0. The maximum atomic E-state index is 13.3. The summed E-state index contributed by atoms with van der Waals surface area (Å²) in [6.07, 6.45) is -12.2. The molecule has 2 aliphatic heterocycles. The Balaban J connectivity index is 2.64. The third-order valence-electron chi connectivity index (χ3n) is 8.94. The quantitative estimate of drug-likeness (QED) is 0.0815. The third kappa shape index (κ3) is 18.5. The second kappa shape index (κ2) is 27.0. The Kier molecular flexibility index (Phi) is 23.1. The molecule has 23 heteroatoms. The maximum Gasteiger partial charge on any atom is 0.407 e. The highest BCUT2D eigenvalue weighted by molar-refractivity contribution is 5.85. The highest BCUT2D eigenvalue weighted by Gasteiger charge is 2.57. The van der Waals surface area contributed by atoms with E-state index in [1.807, 2.05) is 0 Å². The average Bonchev–Trinajstić information content (AvgIpc) is 3.17. The number of hydrogen-bond donors (Lipinski definition) is 2. The van der Waals surface area contributed by atoms with Crippen LogP contribution in [0.25, 0.3) is 0 Å². The van der Waals surface area contributed by atoms with Crippen LogP contribution in [-0.2, 0) is 95.2 Å². The number of ether oxygens (including phenoxy) is 12. The fraction of sp³-hybridized carbons (Fsp3) is 0.769. The van der Waals surface area contributed by atoms with Crippen LogP contribution in [0.1, 0.15) is 93.9 Å². The highest BCUT2D eigenvalue weighted by atomic mass is 16.8. The SMILES string of the molecule is CCCCCCCCNC(=O)[C@H](CO[C@@H]1OC(COC(C)=O)[C@@H](O[C@@H]2OC(COC(C)=O)[C@H](OC(C)=O)C(OC(C)=O)C2OC(C)=O)C(OC(C)=O)C1OC(C)=O)NC(=O)OC. The van der Waals surface area contributed by atoms with Crippen molar-refractivity contribution in [3.63, 3.8) is 0 Å². The summed E-state index contributed by atoms with van der Waals surface area (Å²) in [6, 6.07) is -1.41. The van der Waals surface area contributed by atoms with Gasteiger partial charge in [0.2, 0.25) is 5.91 Å². The van der Waals surface area contributed by atoms with Crippen molar-refractivity contribution in [3.8, 4) is 0 Å². The van der Waals surface area contributed by atoms with Gasteiger partial charge in [-0.25, -0.2) is 4.79 Å². The van der Waals surface area contributed by atoms with Gasteiger partial charge in [-0.05, 0) is 6.42 Å². The normalized spacial score (nSPS) is 26.0. The average molecular weight is 893 g/mol. The number of unbranched alkanes of at least 4 members (excludes halogenated alkanes) is 5. The van der Waals surface area contributed by atoms with Gasteiger partial charge in [-0.1, -0.05) is 39.0 Å². The predicted molar refractivity (Wildman–Crippen MR) is 205 cm³/mol. The van der Waals surface area contributed by atoms with Crippen molar-refractivity contribution in [1.29, 1.82) is 0 Å². The van der Waals surface area contributed by atoms with Crippen molar-refractivity contribution in [2.45, 2.75) is 161 Å². The van der Waals surface area contributed by atoms with E-state index in [9.17, 15) is 43.2 Å². The van der Waals surface area contributed by atoms with Crippen LogP contribution in [0.5, 0.6) is 0 Å². The Morgan fingerprint density at radius 3 is 1.47 bits per heavy atom. The molecule has 2 heterocycles. The van der Waals surface area contributed by atoms with Crippen molar-refractivity contribution >= 4 is 53.8 Å². The number of esters is 7. The Labute approximate surface area is 359 Å². The molecule has 2 rings (SSSR count). The standard InChI is InChI=1S/C39H60N2O21/c1-10-11-12-13-14-15-16-40-36(49)27(41-39(50)51-9)17-54-37-34(58-25(7)47)33(57-24(6)46)31(29(60-37)19-53-21(3)43)62-38-35(59-26(8)48)32(56-23(5)45)30(55-22(4)44)28(61-38)18-52-20(2)42/h27-35,37-38H,10-19H2,1-9H3,(H,40,49)(H,41,50)/t27-,28?,29?,30-,31+,32?,33?,34?,35?,37+,38-/m0/s1. The van der Waals surface area contributed by atoms with Gasteiger partial charge in [-0.2, -0.15) is 0 Å². The largest absolute Gasteiger partial charge is 0.463 e. The molecule has 0 radical (unpaired) electrons. The molecule has 0 aromatic carbocycles. The van der Waals surface area contributed by atoms with Gasteiger partial charge in [-0.3, -0.25) is 38.4 Å². The zero-order valence-corrected chi connectivity index (χ0v) is 36.5. The number of alkyl carbamates (subject to hydrolysis) is 1. The topological polar surface area (TPSA) is 288 Å². The summed E-state index contributed by atoms with van der Waals surface area (Å²) in [5.41, 5.74) is 0. The van der Waals surface area contributed by atoms with Crippen LogP contribution in [0, 0.1) is 0 Å². The lowest BCUT2D eigenvalue weighted by atomic mass is 9.96. The first kappa shape index (κ1) is 53.0. The molecule has 0 spiro atoms. The number of amides is 2. The molecular formula is C39H60N2O21. The van der Waals surface area contributed by atoms with Gasteiger partial charge in [0.1, 0.15) is 37.6 Å². The predicted octanol–water partition coefficient (Wildman–Crippen LogP) is 0.824. The van der Waals surface area contributed by atoms with E-state index in [0.29, 0.717) is 6.42 Å². The third-order valence-corrected chi connectivity index (χ3v) is 8.94. The van der Waals surface area contributed by atoms with Crippen molar-refractivity contribution < 1.29 is 100.0 Å². The first-order chi connectivity index (χ1) is 29.3. The summed E-state index contributed by atoms with van der Waals surface area (Å²) in [7, 11) is 1.08. The first-order valence-electron chi connectivity index (χ1n) is 20.1. The lowest BCUT2D eigenvalue weighted by Crippen LogP contribution is -2.67. The zero-order chi connectivity index (χ0) is 46.5. The van der Waals surface area contributed by atoms with Crippen LogP contribution in [0.3, 0.4) is 0 Å². The van der Waals surface area contributed by atoms with Gasteiger partial charge in [0.15, 0.2) is 43.1 Å². The minimum Gasteiger partial charge on any atom is -0.463 e. The molecule has 2 fully saturated rings. The van der Waals surface area contributed by atoms with Gasteiger partial charge < -0.3 is 67.5 Å². The van der Waals surface area contributed by atoms with Gasteiger partial charge >= 0.3 is 47.9 Å². The molecule has 2 saturated heterocycles. The van der Waals surface area contributed by atoms with Crippen LogP contribution in [-0.4, -0.2) is 155 Å². The molecule has 0 aliphatic carbocycles. The highest BCUT2D eigenvalue weighted by Crippen LogP contribution is 2.35. The number of methoxy groups -OCH3 is 1. The maximum absolute atomic E-state index is 13.3. The number of hydrogen-bond acceptors (Lipinski definition) is 21. The van der Waals surface area contributed by atoms with Gasteiger partial charge in [0, 0.05) is 55.0 Å². The molecule has 11 atom stereocenters. The van der Waals surface area contributed by atoms with Crippen LogP contribution in [0.15, 0.2) is 0 Å². The van der Waals surface area contributed by atoms with E-state index in [1.54, 1.807) is 0 Å². The van der Waals surface area contributed by atoms with Crippen LogP contribution in [0.2, 0.25) is 0 Å². The molecule has 23 nitrogen and oxygen atoms in total. The van der Waals surface area contributed by atoms with Crippen LogP contribution < -0.4 is 10.6 Å². The second-order valence-corrected chi connectivity index (χ2v) is 14.2. The molecule has 0 aromatic heterocycles. The molecule has 6 unspecified atom stereocenters. The van der Waals surface area contributed by atoms with E-state index >= 15 is 0 Å². The number of rotatable bonds is 23. The molecule has 62 heavy (non-hydrogen) atoms. The molecule has 0 aromatic rings. The molecule has 0 bridgehead atoms. The van der Waals surface area contributed by atoms with E-state index in [0.717, 1.165) is 87.7 Å². The van der Waals surface area contributed by atoms with Crippen LogP contribution in [0.4, 0.5) is 4.79 Å². The summed E-state index contributed by atoms with van der Waals surface area (Å²) in [5.74, 6) is -6.97. The minimum atomic E-state index is -1.89. The molecule has 0 saturated carbocycles. The Morgan fingerprint density at radius 1 is 0.532 bits per heavy atom. The molecule has 2 amide bonds. The molecule has 2 N–H and O–H groups in total. The number of nitrogens with one attached hydrogen (secondary N) is 2. The molecule has 352 valence electrons. The summed E-state index contributed by atoms with van der Waals surface area (Å²) in [6.45, 7) is 7.65. The monoisotopic (exact) mass is 892 g/mol. The summed E-state index contributed by atoms with van der Waals surface area (Å²) < 4.78 is 67.2. The van der Waals surface area contributed by atoms with Crippen LogP contribution >= 0.6 is 0 Å². The van der Waals surface area contributed by atoms with Crippen molar-refractivity contribution in [2.75, 3.05) is 33.5 Å². The fourth-order valence-corrected chi connectivity index (χ4v) is 6.42. The van der Waals surface area contributed by atoms with Crippen molar-refractivity contribution in [3.05, 3.63) is 0 Å². The minimum absolute atomic E-state index is 0.275. The van der Waals surface area contributed by atoms with E-state index in [4.69, 9.17) is 52.1 Å². The van der Waals surface area contributed by atoms with E-state index in [1.165, 1.54) is 0 Å². The number of carbonyl (C=O) groups excluding carboxylic acids is 9. The van der Waals surface area contributed by atoms with Gasteiger partial charge in [0.05, 0.1) is 13.7 Å². The molecule has 2 aliphatic rings. The van der Waals surface area contributed by atoms with E-state index in [-0.39, 0.29) is 6.54 Å². The van der Waals surface area contributed by atoms with E-state index < -0.39 is 141 Å². The Hall–Kier alpha value is -5.13. The van der Waals surface area contributed by atoms with Crippen molar-refractivity contribution in [2.24, 2.45) is 0 Å². The summed E-state index contributed by atoms with van der Waals surface area (Å²) in [5, 5.41) is 5.10. The van der Waals surface area contributed by atoms with Gasteiger partial charge in [0.25, 0.3) is 0 Å². The van der Waals surface area contributed by atoms with E-state index in [2.05, 4.69) is 22.3 Å². The lowest BCUT2D eigenvalue weighted by Gasteiger charge is -2.48. The smallest absolute Gasteiger partial charge is 0.407 e. The second-order valence-electron chi connectivity index (χ2n) is 14.2. The fourth-order valence-electron chi connectivity index (χ4n) is 6.42. The Morgan fingerprint density at radius 2 is 0.968 bits per heavy atom. The zero-order valence-electron chi connectivity index (χ0n) is 36.5. The lowest BCUT2D eigenvalue weighted by molar-refractivity contribution is -0.361.